The van der Waals surface area contributed by atoms with Crippen molar-refractivity contribution in [1.82, 2.24) is 15.3 Å². The second-order valence-electron chi connectivity index (χ2n) is 8.54. The Morgan fingerprint density at radius 2 is 1.51 bits per heavy atom. The molecule has 10 heteroatoms. The summed E-state index contributed by atoms with van der Waals surface area (Å²) < 4.78 is 0.897. The van der Waals surface area contributed by atoms with Crippen LogP contribution in [0, 0.1) is 0 Å². The Labute approximate surface area is 222 Å². The standard InChI is InChI=1S/C27H25BrN4O5/c28-20-12-10-19(11-13-20)16-31-23(26(35)32(27(31)36)17-18-6-2-1-3-7-18)14-15-24(33)29-22-9-5-4-8-21(22)25(34)30-37/h1-13,23,37H,14-17H2,(H,29,33)(H,30,34). The number of anilines is 1. The zero-order valence-corrected chi connectivity index (χ0v) is 21.3. The highest BCUT2D eigenvalue weighted by Crippen LogP contribution is 2.26. The maximum atomic E-state index is 13.4. The zero-order valence-electron chi connectivity index (χ0n) is 19.8. The highest BCUT2D eigenvalue weighted by Gasteiger charge is 2.44. The third-order valence-corrected chi connectivity index (χ3v) is 6.57. The van der Waals surface area contributed by atoms with Gasteiger partial charge >= 0.3 is 6.03 Å². The van der Waals surface area contributed by atoms with Gasteiger partial charge in [-0.15, -0.1) is 0 Å². The number of nitrogens with one attached hydrogen (secondary N) is 2. The maximum absolute atomic E-state index is 13.4. The lowest BCUT2D eigenvalue weighted by molar-refractivity contribution is -0.129. The predicted molar refractivity (Wildman–Crippen MR) is 139 cm³/mol. The van der Waals surface area contributed by atoms with Gasteiger partial charge in [-0.05, 0) is 41.8 Å². The first kappa shape index (κ1) is 26.1. The number of hydroxylamine groups is 1. The Kier molecular flexibility index (Phi) is 8.32. The molecule has 0 bridgehead atoms. The SMILES string of the molecule is O=C(CCC1C(=O)N(Cc2ccccc2)C(=O)N1Cc1ccc(Br)cc1)Nc1ccccc1C(=O)NO. The van der Waals surface area contributed by atoms with Gasteiger partial charge in [-0.1, -0.05) is 70.5 Å². The Hall–Kier alpha value is -4.02. The van der Waals surface area contributed by atoms with E-state index in [4.69, 9.17) is 5.21 Å². The van der Waals surface area contributed by atoms with Crippen molar-refractivity contribution in [3.63, 3.8) is 0 Å². The molecule has 5 amide bonds. The van der Waals surface area contributed by atoms with Gasteiger partial charge in [-0.25, -0.2) is 10.3 Å². The number of amides is 5. The largest absolute Gasteiger partial charge is 0.328 e. The lowest BCUT2D eigenvalue weighted by atomic mass is 10.1. The summed E-state index contributed by atoms with van der Waals surface area (Å²) >= 11 is 3.40. The number of hydrogen-bond donors (Lipinski definition) is 3. The van der Waals surface area contributed by atoms with Crippen LogP contribution in [0.25, 0.3) is 0 Å². The van der Waals surface area contributed by atoms with Crippen molar-refractivity contribution < 1.29 is 24.4 Å². The molecule has 0 saturated carbocycles. The second kappa shape index (κ2) is 11.8. The average molecular weight is 565 g/mol. The number of imide groups is 1. The maximum Gasteiger partial charge on any atom is 0.328 e. The molecule has 4 rings (SSSR count). The Bertz CT molecular complexity index is 1300. The highest BCUT2D eigenvalue weighted by atomic mass is 79.9. The monoisotopic (exact) mass is 564 g/mol. The minimum Gasteiger partial charge on any atom is -0.325 e. The van der Waals surface area contributed by atoms with E-state index in [1.54, 1.807) is 17.6 Å². The van der Waals surface area contributed by atoms with Crippen molar-refractivity contribution in [3.8, 4) is 0 Å². The Balaban J connectivity index is 1.50. The van der Waals surface area contributed by atoms with Gasteiger partial charge in [0.25, 0.3) is 11.8 Å². The molecule has 9 nitrogen and oxygen atoms in total. The van der Waals surface area contributed by atoms with Crippen LogP contribution < -0.4 is 10.8 Å². The molecule has 190 valence electrons. The van der Waals surface area contributed by atoms with Crippen molar-refractivity contribution in [3.05, 3.63) is 100 Å². The number of carbonyl (C=O) groups excluding carboxylic acids is 4. The molecule has 1 aliphatic heterocycles. The normalized spacial score (nSPS) is 15.1. The van der Waals surface area contributed by atoms with E-state index in [0.29, 0.717) is 0 Å². The molecular formula is C27H25BrN4O5. The van der Waals surface area contributed by atoms with Crippen LogP contribution in [0.5, 0.6) is 0 Å². The lowest BCUT2D eigenvalue weighted by Crippen LogP contribution is -2.35. The summed E-state index contributed by atoms with van der Waals surface area (Å²) in [6.45, 7) is 0.358. The summed E-state index contributed by atoms with van der Waals surface area (Å²) in [7, 11) is 0. The van der Waals surface area contributed by atoms with Crippen LogP contribution in [0.15, 0.2) is 83.3 Å². The number of halogens is 1. The molecule has 1 heterocycles. The molecule has 1 aliphatic rings. The third kappa shape index (κ3) is 6.22. The van der Waals surface area contributed by atoms with Gasteiger partial charge in [-0.2, -0.15) is 0 Å². The van der Waals surface area contributed by atoms with E-state index < -0.39 is 23.9 Å². The van der Waals surface area contributed by atoms with E-state index in [2.05, 4.69) is 21.2 Å². The fourth-order valence-corrected chi connectivity index (χ4v) is 4.45. The van der Waals surface area contributed by atoms with Crippen LogP contribution in [0.2, 0.25) is 0 Å². The number of carbonyl (C=O) groups is 4. The van der Waals surface area contributed by atoms with Crippen LogP contribution in [0.1, 0.15) is 34.3 Å². The number of hydrogen-bond acceptors (Lipinski definition) is 5. The molecule has 0 aliphatic carbocycles. The lowest BCUT2D eigenvalue weighted by Gasteiger charge is -2.22. The van der Waals surface area contributed by atoms with E-state index >= 15 is 0 Å². The summed E-state index contributed by atoms with van der Waals surface area (Å²) in [6, 6.07) is 21.7. The Morgan fingerprint density at radius 3 is 2.22 bits per heavy atom. The molecule has 1 fully saturated rings. The first-order chi connectivity index (χ1) is 17.9. The van der Waals surface area contributed by atoms with Crippen molar-refractivity contribution >= 4 is 45.4 Å². The topological polar surface area (TPSA) is 119 Å². The molecule has 37 heavy (non-hydrogen) atoms. The van der Waals surface area contributed by atoms with Gasteiger partial charge in [0.1, 0.15) is 6.04 Å². The number of benzene rings is 3. The van der Waals surface area contributed by atoms with Gasteiger partial charge in [0.15, 0.2) is 0 Å². The smallest absolute Gasteiger partial charge is 0.325 e. The third-order valence-electron chi connectivity index (χ3n) is 6.05. The highest BCUT2D eigenvalue weighted by molar-refractivity contribution is 9.10. The molecule has 0 aromatic heterocycles. The molecule has 1 saturated heterocycles. The number of nitrogens with zero attached hydrogens (tertiary/aromatic N) is 2. The summed E-state index contributed by atoms with van der Waals surface area (Å²) in [4.78, 5) is 54.1. The Morgan fingerprint density at radius 1 is 0.865 bits per heavy atom. The fraction of sp³-hybridized carbons (Fsp3) is 0.185. The van der Waals surface area contributed by atoms with Crippen molar-refractivity contribution in [2.75, 3.05) is 5.32 Å². The molecule has 1 unspecified atom stereocenters. The zero-order chi connectivity index (χ0) is 26.4. The van der Waals surface area contributed by atoms with Crippen LogP contribution in [-0.4, -0.2) is 44.8 Å². The van der Waals surface area contributed by atoms with Gasteiger partial charge in [0, 0.05) is 17.4 Å². The number of urea groups is 1. The molecule has 3 N–H and O–H groups in total. The molecule has 0 spiro atoms. The van der Waals surface area contributed by atoms with Crippen LogP contribution in [0.3, 0.4) is 0 Å². The van der Waals surface area contributed by atoms with Crippen LogP contribution >= 0.6 is 15.9 Å². The minimum atomic E-state index is -0.818. The van der Waals surface area contributed by atoms with Gasteiger partial charge in [0.05, 0.1) is 17.8 Å². The summed E-state index contributed by atoms with van der Waals surface area (Å²) in [6.07, 6.45) is 0.0430. The predicted octanol–water partition coefficient (Wildman–Crippen LogP) is 4.32. The van der Waals surface area contributed by atoms with Gasteiger partial charge < -0.3 is 10.2 Å². The van der Waals surface area contributed by atoms with E-state index in [-0.39, 0.29) is 43.1 Å². The van der Waals surface area contributed by atoms with Crippen LogP contribution in [-0.2, 0) is 22.7 Å². The van der Waals surface area contributed by atoms with Crippen molar-refractivity contribution in [2.24, 2.45) is 0 Å². The molecule has 1 atom stereocenters. The summed E-state index contributed by atoms with van der Waals surface area (Å²) in [5, 5.41) is 11.6. The molecule has 3 aromatic rings. The van der Waals surface area contributed by atoms with Gasteiger partial charge in [-0.3, -0.25) is 24.5 Å². The van der Waals surface area contributed by atoms with E-state index in [1.165, 1.54) is 21.9 Å². The van der Waals surface area contributed by atoms with Crippen molar-refractivity contribution in [1.29, 1.82) is 0 Å². The van der Waals surface area contributed by atoms with Gasteiger partial charge in [0.2, 0.25) is 5.91 Å². The van der Waals surface area contributed by atoms with Crippen molar-refractivity contribution in [2.45, 2.75) is 32.0 Å². The first-order valence-corrected chi connectivity index (χ1v) is 12.4. The number of para-hydroxylation sites is 1. The average Bonchev–Trinajstić information content (AvgIpc) is 3.12. The van der Waals surface area contributed by atoms with E-state index in [1.807, 2.05) is 54.6 Å². The number of rotatable bonds is 9. The molecule has 3 aromatic carbocycles. The second-order valence-corrected chi connectivity index (χ2v) is 9.45. The summed E-state index contributed by atoms with van der Waals surface area (Å²) in [5.74, 6) is -1.55. The minimum absolute atomic E-state index is 0.0607. The molecule has 0 radical (unpaired) electrons. The van der Waals surface area contributed by atoms with E-state index in [9.17, 15) is 19.2 Å². The van der Waals surface area contributed by atoms with E-state index in [0.717, 1.165) is 15.6 Å². The first-order valence-electron chi connectivity index (χ1n) is 11.6. The van der Waals surface area contributed by atoms with Crippen LogP contribution in [0.4, 0.5) is 10.5 Å². The molecular weight excluding hydrogens is 540 g/mol. The summed E-state index contributed by atoms with van der Waals surface area (Å²) in [5.41, 5.74) is 3.55. The quantitative estimate of drug-likeness (QED) is 0.203. The fourth-order valence-electron chi connectivity index (χ4n) is 4.18.